The lowest BCUT2D eigenvalue weighted by Gasteiger charge is -2.07. The van der Waals surface area contributed by atoms with Crippen LogP contribution in [0.2, 0.25) is 0 Å². The van der Waals surface area contributed by atoms with Gasteiger partial charge in [0.25, 0.3) is 0 Å². The van der Waals surface area contributed by atoms with Crippen LogP contribution in [0.3, 0.4) is 0 Å². The molecule has 0 saturated heterocycles. The van der Waals surface area contributed by atoms with Crippen LogP contribution >= 0.6 is 0 Å². The largest absolute Gasteiger partial charge is 0.494 e. The molecule has 0 fully saturated rings. The van der Waals surface area contributed by atoms with E-state index in [-0.39, 0.29) is 5.57 Å². The van der Waals surface area contributed by atoms with E-state index in [1.54, 1.807) is 10.8 Å². The number of hydrogen-bond donors (Lipinski definition) is 0. The highest BCUT2D eigenvalue weighted by Gasteiger charge is 2.12. The molecule has 0 spiro atoms. The van der Waals surface area contributed by atoms with Gasteiger partial charge < -0.3 is 4.74 Å². The third kappa shape index (κ3) is 6.33. The molecule has 5 nitrogen and oxygen atoms in total. The molecule has 0 bridgehead atoms. The second-order valence-corrected chi connectivity index (χ2v) is 7.64. The number of hydrogen-bond acceptors (Lipinski definition) is 4. The summed E-state index contributed by atoms with van der Waals surface area (Å²) in [7, 11) is 0. The Morgan fingerprint density at radius 1 is 0.938 bits per heavy atom. The number of nitrogens with zero attached hydrogens (tertiary/aromatic N) is 4. The second-order valence-electron chi connectivity index (χ2n) is 7.64. The molecule has 0 saturated carbocycles. The predicted octanol–water partition coefficient (Wildman–Crippen LogP) is 6.71. The van der Waals surface area contributed by atoms with Gasteiger partial charge >= 0.3 is 0 Å². The van der Waals surface area contributed by atoms with E-state index in [0.29, 0.717) is 11.3 Å². The molecule has 32 heavy (non-hydrogen) atoms. The Morgan fingerprint density at radius 2 is 1.62 bits per heavy atom. The molecule has 3 rings (SSSR count). The van der Waals surface area contributed by atoms with Crippen molar-refractivity contribution in [2.75, 3.05) is 6.61 Å². The fourth-order valence-electron chi connectivity index (χ4n) is 3.46. The Hall–Kier alpha value is -3.83. The average Bonchev–Trinajstić information content (AvgIpc) is 3.26. The maximum atomic E-state index is 9.19. The zero-order valence-corrected chi connectivity index (χ0v) is 18.5. The topological polar surface area (TPSA) is 74.6 Å². The smallest absolute Gasteiger partial charge is 0.130 e. The first-order valence-corrected chi connectivity index (χ1v) is 11.2. The first-order valence-electron chi connectivity index (χ1n) is 11.2. The Balaban J connectivity index is 1.75. The fourth-order valence-corrected chi connectivity index (χ4v) is 3.46. The van der Waals surface area contributed by atoms with Gasteiger partial charge in [0.2, 0.25) is 0 Å². The second kappa shape index (κ2) is 12.1. The van der Waals surface area contributed by atoms with Crippen molar-refractivity contribution in [2.24, 2.45) is 0 Å². The van der Waals surface area contributed by atoms with Crippen LogP contribution in [0, 0.1) is 22.7 Å². The van der Waals surface area contributed by atoms with Crippen molar-refractivity contribution in [1.82, 2.24) is 9.78 Å². The van der Waals surface area contributed by atoms with Gasteiger partial charge in [0, 0.05) is 17.3 Å². The van der Waals surface area contributed by atoms with Gasteiger partial charge in [-0.05, 0) is 48.9 Å². The number of rotatable bonds is 11. The van der Waals surface area contributed by atoms with Crippen molar-refractivity contribution in [3.63, 3.8) is 0 Å². The monoisotopic (exact) mass is 424 g/mol. The minimum Gasteiger partial charge on any atom is -0.494 e. The number of allylic oxidation sites excluding steroid dienone is 1. The quantitative estimate of drug-likeness (QED) is 0.253. The van der Waals surface area contributed by atoms with E-state index in [1.807, 2.05) is 72.9 Å². The van der Waals surface area contributed by atoms with Gasteiger partial charge in [-0.1, -0.05) is 57.2 Å². The summed E-state index contributed by atoms with van der Waals surface area (Å²) in [5, 5.41) is 23.1. The van der Waals surface area contributed by atoms with Crippen LogP contribution in [0.25, 0.3) is 23.0 Å². The van der Waals surface area contributed by atoms with Crippen molar-refractivity contribution in [3.8, 4) is 34.8 Å². The zero-order valence-electron chi connectivity index (χ0n) is 18.5. The molecule has 5 heteroatoms. The third-order valence-electron chi connectivity index (χ3n) is 5.20. The highest BCUT2D eigenvalue weighted by Crippen LogP contribution is 2.27. The average molecular weight is 425 g/mol. The van der Waals surface area contributed by atoms with Gasteiger partial charge in [0.15, 0.2) is 0 Å². The molecular weight excluding hydrogens is 396 g/mol. The maximum Gasteiger partial charge on any atom is 0.130 e. The minimum atomic E-state index is 0.0396. The summed E-state index contributed by atoms with van der Waals surface area (Å²) < 4.78 is 7.64. The normalized spacial score (nSPS) is 10.2. The van der Waals surface area contributed by atoms with Crippen LogP contribution in [0.5, 0.6) is 5.75 Å². The summed E-state index contributed by atoms with van der Waals surface area (Å²) in [4.78, 5) is 0. The molecule has 0 N–H and O–H groups in total. The Morgan fingerprint density at radius 3 is 2.31 bits per heavy atom. The van der Waals surface area contributed by atoms with Gasteiger partial charge in [0.05, 0.1) is 12.3 Å². The zero-order chi connectivity index (χ0) is 22.6. The minimum absolute atomic E-state index is 0.0396. The van der Waals surface area contributed by atoms with Crippen LogP contribution < -0.4 is 4.74 Å². The van der Waals surface area contributed by atoms with Crippen LogP contribution in [0.1, 0.15) is 51.0 Å². The van der Waals surface area contributed by atoms with Gasteiger partial charge in [-0.3, -0.25) is 0 Å². The molecule has 1 aromatic heterocycles. The van der Waals surface area contributed by atoms with Gasteiger partial charge in [-0.25, -0.2) is 4.68 Å². The molecule has 0 aliphatic rings. The van der Waals surface area contributed by atoms with Crippen LogP contribution in [-0.4, -0.2) is 16.4 Å². The van der Waals surface area contributed by atoms with E-state index >= 15 is 0 Å². The number of para-hydroxylation sites is 1. The molecule has 0 unspecified atom stereocenters. The van der Waals surface area contributed by atoms with E-state index in [1.165, 1.54) is 32.1 Å². The van der Waals surface area contributed by atoms with Gasteiger partial charge in [0.1, 0.15) is 29.2 Å². The summed E-state index contributed by atoms with van der Waals surface area (Å²) in [6.07, 6.45) is 10.8. The number of ether oxygens (including phenoxy) is 1. The van der Waals surface area contributed by atoms with E-state index in [0.717, 1.165) is 30.0 Å². The molecule has 1 heterocycles. The predicted molar refractivity (Wildman–Crippen MR) is 127 cm³/mol. The standard InChI is InChI=1S/C27H28N4O/c1-2-3-4-5-6-10-17-32-26-15-13-23(14-16-26)27-24(18-22(19-28)20-29)21-31(30-27)25-11-8-7-9-12-25/h7-9,11-16,18,21H,2-6,10,17H2,1H3. The highest BCUT2D eigenvalue weighted by molar-refractivity contribution is 5.75. The van der Waals surface area contributed by atoms with Crippen molar-refractivity contribution < 1.29 is 4.74 Å². The Kier molecular flexibility index (Phi) is 8.66. The summed E-state index contributed by atoms with van der Waals surface area (Å²) >= 11 is 0. The lowest BCUT2D eigenvalue weighted by molar-refractivity contribution is 0.304. The van der Waals surface area contributed by atoms with E-state index < -0.39 is 0 Å². The van der Waals surface area contributed by atoms with E-state index in [9.17, 15) is 10.5 Å². The number of unbranched alkanes of at least 4 members (excludes halogenated alkanes) is 5. The first kappa shape index (κ1) is 22.8. The Bertz CT molecular complexity index is 1080. The van der Waals surface area contributed by atoms with E-state index in [2.05, 4.69) is 6.92 Å². The third-order valence-corrected chi connectivity index (χ3v) is 5.20. The summed E-state index contributed by atoms with van der Waals surface area (Å²) in [5.74, 6) is 0.830. The summed E-state index contributed by atoms with van der Waals surface area (Å²) in [6.45, 7) is 2.94. The molecule has 0 aliphatic carbocycles. The molecule has 0 aliphatic heterocycles. The summed E-state index contributed by atoms with van der Waals surface area (Å²) in [6, 6.07) is 21.4. The van der Waals surface area contributed by atoms with Gasteiger partial charge in [-0.2, -0.15) is 15.6 Å². The lowest BCUT2D eigenvalue weighted by Crippen LogP contribution is -1.97. The van der Waals surface area contributed by atoms with Crippen LogP contribution in [0.4, 0.5) is 0 Å². The van der Waals surface area contributed by atoms with Crippen LogP contribution in [0.15, 0.2) is 66.4 Å². The first-order chi connectivity index (χ1) is 15.7. The SMILES string of the molecule is CCCCCCCCOc1ccc(-c2nn(-c3ccccc3)cc2C=C(C#N)C#N)cc1. The number of benzene rings is 2. The molecule has 3 aromatic rings. The molecule has 0 atom stereocenters. The highest BCUT2D eigenvalue weighted by atomic mass is 16.5. The molecule has 0 amide bonds. The lowest BCUT2D eigenvalue weighted by atomic mass is 10.1. The van der Waals surface area contributed by atoms with Crippen molar-refractivity contribution >= 4 is 6.08 Å². The Labute approximate surface area is 190 Å². The van der Waals surface area contributed by atoms with Crippen LogP contribution in [-0.2, 0) is 0 Å². The molecule has 0 radical (unpaired) electrons. The van der Waals surface area contributed by atoms with Crippen molar-refractivity contribution in [2.45, 2.75) is 45.4 Å². The number of aromatic nitrogens is 2. The van der Waals surface area contributed by atoms with Crippen molar-refractivity contribution in [1.29, 1.82) is 10.5 Å². The van der Waals surface area contributed by atoms with E-state index in [4.69, 9.17) is 9.84 Å². The fraction of sp³-hybridized carbons (Fsp3) is 0.296. The molecule has 162 valence electrons. The molecule has 2 aromatic carbocycles. The maximum absolute atomic E-state index is 9.19. The van der Waals surface area contributed by atoms with Crippen molar-refractivity contribution in [3.05, 3.63) is 71.9 Å². The van der Waals surface area contributed by atoms with Gasteiger partial charge in [-0.15, -0.1) is 0 Å². The number of nitriles is 2. The summed E-state index contributed by atoms with van der Waals surface area (Å²) in [5.41, 5.74) is 3.26. The molecular formula is C27H28N4O.